The number of aromatic nitrogens is 1. The second-order valence-electron chi connectivity index (χ2n) is 4.00. The molecule has 0 aliphatic rings. The van der Waals surface area contributed by atoms with Crippen LogP contribution < -0.4 is 4.74 Å². The fourth-order valence-corrected chi connectivity index (χ4v) is 1.79. The number of rotatable bonds is 4. The van der Waals surface area contributed by atoms with Gasteiger partial charge in [-0.25, -0.2) is 4.98 Å². The first-order valence-corrected chi connectivity index (χ1v) is 5.96. The van der Waals surface area contributed by atoms with Crippen molar-refractivity contribution < 1.29 is 4.74 Å². The van der Waals surface area contributed by atoms with Crippen molar-refractivity contribution in [3.8, 4) is 17.0 Å². The highest BCUT2D eigenvalue weighted by molar-refractivity contribution is 5.68. The highest BCUT2D eigenvalue weighted by Crippen LogP contribution is 2.27. The van der Waals surface area contributed by atoms with Gasteiger partial charge in [-0.15, -0.1) is 0 Å². The van der Waals surface area contributed by atoms with Crippen molar-refractivity contribution in [3.05, 3.63) is 48.2 Å². The van der Waals surface area contributed by atoms with E-state index in [4.69, 9.17) is 4.74 Å². The molecule has 0 unspecified atom stereocenters. The predicted octanol–water partition coefficient (Wildman–Crippen LogP) is 3.85. The Morgan fingerprint density at radius 3 is 2.59 bits per heavy atom. The van der Waals surface area contributed by atoms with Crippen LogP contribution >= 0.6 is 0 Å². The van der Waals surface area contributed by atoms with E-state index in [-0.39, 0.29) is 0 Å². The average molecular weight is 227 g/mol. The summed E-state index contributed by atoms with van der Waals surface area (Å²) in [6, 6.07) is 12.3. The molecule has 0 spiro atoms. The molecule has 88 valence electrons. The van der Waals surface area contributed by atoms with Crippen LogP contribution in [-0.2, 0) is 0 Å². The molecule has 2 heteroatoms. The Labute approximate surface area is 102 Å². The Bertz CT molecular complexity index is 480. The van der Waals surface area contributed by atoms with E-state index < -0.39 is 0 Å². The second kappa shape index (κ2) is 5.48. The summed E-state index contributed by atoms with van der Waals surface area (Å²) < 4.78 is 5.64. The molecule has 0 aliphatic carbocycles. The SMILES string of the molecule is CCCOc1nccc(-c2ccccc2)c1C. The van der Waals surface area contributed by atoms with Crippen LogP contribution in [0.1, 0.15) is 18.9 Å². The normalized spacial score (nSPS) is 10.2. The number of hydrogen-bond acceptors (Lipinski definition) is 2. The average Bonchev–Trinajstić information content (AvgIpc) is 2.39. The van der Waals surface area contributed by atoms with Crippen LogP contribution in [0.25, 0.3) is 11.1 Å². The summed E-state index contributed by atoms with van der Waals surface area (Å²) in [5.41, 5.74) is 3.49. The molecule has 0 atom stereocenters. The zero-order valence-corrected chi connectivity index (χ0v) is 10.3. The van der Waals surface area contributed by atoms with Crippen LogP contribution in [0.5, 0.6) is 5.88 Å². The summed E-state index contributed by atoms with van der Waals surface area (Å²) in [6.45, 7) is 4.86. The van der Waals surface area contributed by atoms with E-state index in [1.165, 1.54) is 11.1 Å². The van der Waals surface area contributed by atoms with Crippen molar-refractivity contribution in [2.24, 2.45) is 0 Å². The standard InChI is InChI=1S/C15H17NO/c1-3-11-17-15-12(2)14(9-10-16-15)13-7-5-4-6-8-13/h4-10H,3,11H2,1-2H3. The van der Waals surface area contributed by atoms with Gasteiger partial charge in [-0.2, -0.15) is 0 Å². The van der Waals surface area contributed by atoms with Crippen molar-refractivity contribution in [1.82, 2.24) is 4.98 Å². The lowest BCUT2D eigenvalue weighted by molar-refractivity contribution is 0.303. The van der Waals surface area contributed by atoms with Crippen LogP contribution in [0.4, 0.5) is 0 Å². The summed E-state index contributed by atoms with van der Waals surface area (Å²) in [4.78, 5) is 4.28. The van der Waals surface area contributed by atoms with Gasteiger partial charge >= 0.3 is 0 Å². The van der Waals surface area contributed by atoms with Gasteiger partial charge in [-0.1, -0.05) is 37.3 Å². The highest BCUT2D eigenvalue weighted by Gasteiger charge is 2.07. The zero-order chi connectivity index (χ0) is 12.1. The Morgan fingerprint density at radius 2 is 1.88 bits per heavy atom. The molecular formula is C15H17NO. The molecule has 1 aromatic heterocycles. The number of nitrogens with zero attached hydrogens (tertiary/aromatic N) is 1. The van der Waals surface area contributed by atoms with E-state index in [9.17, 15) is 0 Å². The van der Waals surface area contributed by atoms with Gasteiger partial charge in [0.25, 0.3) is 0 Å². The lowest BCUT2D eigenvalue weighted by Crippen LogP contribution is -2.00. The topological polar surface area (TPSA) is 22.1 Å². The highest BCUT2D eigenvalue weighted by atomic mass is 16.5. The van der Waals surface area contributed by atoms with Crippen LogP contribution in [0.2, 0.25) is 0 Å². The monoisotopic (exact) mass is 227 g/mol. The van der Waals surface area contributed by atoms with Crippen LogP contribution in [0, 0.1) is 6.92 Å². The summed E-state index contributed by atoms with van der Waals surface area (Å²) >= 11 is 0. The maximum absolute atomic E-state index is 5.64. The molecule has 2 rings (SSSR count). The predicted molar refractivity (Wildman–Crippen MR) is 70.2 cm³/mol. The first kappa shape index (κ1) is 11.6. The van der Waals surface area contributed by atoms with Crippen LogP contribution in [0.3, 0.4) is 0 Å². The Hall–Kier alpha value is -1.83. The molecule has 2 aromatic rings. The fourth-order valence-electron chi connectivity index (χ4n) is 1.79. The maximum Gasteiger partial charge on any atom is 0.216 e. The smallest absolute Gasteiger partial charge is 0.216 e. The van der Waals surface area contributed by atoms with E-state index in [0.717, 1.165) is 17.9 Å². The minimum atomic E-state index is 0.714. The molecular weight excluding hydrogens is 210 g/mol. The molecule has 2 nitrogen and oxygen atoms in total. The van der Waals surface area contributed by atoms with Gasteiger partial charge in [0, 0.05) is 11.8 Å². The number of benzene rings is 1. The van der Waals surface area contributed by atoms with E-state index in [1.807, 2.05) is 24.3 Å². The first-order chi connectivity index (χ1) is 8.33. The van der Waals surface area contributed by atoms with Gasteiger partial charge in [0.1, 0.15) is 0 Å². The van der Waals surface area contributed by atoms with Crippen molar-refractivity contribution in [3.63, 3.8) is 0 Å². The van der Waals surface area contributed by atoms with E-state index in [0.29, 0.717) is 6.61 Å². The molecule has 0 bridgehead atoms. The van der Waals surface area contributed by atoms with Gasteiger partial charge in [0.05, 0.1) is 6.61 Å². The van der Waals surface area contributed by atoms with Gasteiger partial charge in [-0.05, 0) is 30.5 Å². The Balaban J connectivity index is 2.36. The summed E-state index contributed by atoms with van der Waals surface area (Å²) in [6.07, 6.45) is 2.80. The van der Waals surface area contributed by atoms with Crippen LogP contribution in [0.15, 0.2) is 42.6 Å². The minimum absolute atomic E-state index is 0.714. The lowest BCUT2D eigenvalue weighted by Gasteiger charge is -2.11. The molecule has 0 radical (unpaired) electrons. The summed E-state index contributed by atoms with van der Waals surface area (Å²) in [5.74, 6) is 0.744. The molecule has 0 saturated carbocycles. The van der Waals surface area contributed by atoms with E-state index in [1.54, 1.807) is 6.20 Å². The molecule has 1 aromatic carbocycles. The summed E-state index contributed by atoms with van der Waals surface area (Å²) in [7, 11) is 0. The fraction of sp³-hybridized carbons (Fsp3) is 0.267. The molecule has 0 N–H and O–H groups in total. The molecule has 0 saturated heterocycles. The van der Waals surface area contributed by atoms with Crippen molar-refractivity contribution in [1.29, 1.82) is 0 Å². The second-order valence-corrected chi connectivity index (χ2v) is 4.00. The first-order valence-electron chi connectivity index (χ1n) is 5.96. The molecule has 0 amide bonds. The van der Waals surface area contributed by atoms with Gasteiger partial charge in [0.2, 0.25) is 5.88 Å². The number of pyridine rings is 1. The number of hydrogen-bond donors (Lipinski definition) is 0. The van der Waals surface area contributed by atoms with Gasteiger partial charge < -0.3 is 4.74 Å². The Kier molecular flexibility index (Phi) is 3.76. The van der Waals surface area contributed by atoms with E-state index in [2.05, 4.69) is 31.0 Å². The maximum atomic E-state index is 5.64. The lowest BCUT2D eigenvalue weighted by atomic mass is 10.0. The number of ether oxygens (including phenoxy) is 1. The van der Waals surface area contributed by atoms with Gasteiger partial charge in [-0.3, -0.25) is 0 Å². The molecule has 17 heavy (non-hydrogen) atoms. The summed E-state index contributed by atoms with van der Waals surface area (Å²) in [5, 5.41) is 0. The molecule has 0 fully saturated rings. The van der Waals surface area contributed by atoms with E-state index >= 15 is 0 Å². The van der Waals surface area contributed by atoms with Crippen molar-refractivity contribution >= 4 is 0 Å². The zero-order valence-electron chi connectivity index (χ0n) is 10.3. The quantitative estimate of drug-likeness (QED) is 0.791. The largest absolute Gasteiger partial charge is 0.477 e. The Morgan fingerprint density at radius 1 is 1.12 bits per heavy atom. The van der Waals surface area contributed by atoms with Crippen molar-refractivity contribution in [2.75, 3.05) is 6.61 Å². The minimum Gasteiger partial charge on any atom is -0.477 e. The van der Waals surface area contributed by atoms with Crippen molar-refractivity contribution in [2.45, 2.75) is 20.3 Å². The third kappa shape index (κ3) is 2.64. The third-order valence-corrected chi connectivity index (χ3v) is 2.69. The molecule has 1 heterocycles. The van der Waals surface area contributed by atoms with Crippen LogP contribution in [-0.4, -0.2) is 11.6 Å². The third-order valence-electron chi connectivity index (χ3n) is 2.69. The van der Waals surface area contributed by atoms with Gasteiger partial charge in [0.15, 0.2) is 0 Å². The molecule has 0 aliphatic heterocycles.